The summed E-state index contributed by atoms with van der Waals surface area (Å²) in [5.74, 6) is 0.506. The number of alkyl halides is 3. The van der Waals surface area contributed by atoms with Crippen molar-refractivity contribution in [3.8, 4) is 28.3 Å². The van der Waals surface area contributed by atoms with Gasteiger partial charge in [-0.3, -0.25) is 0 Å². The van der Waals surface area contributed by atoms with E-state index in [1.807, 2.05) is 55.5 Å². The predicted molar refractivity (Wildman–Crippen MR) is 160 cm³/mol. The van der Waals surface area contributed by atoms with Gasteiger partial charge in [0.05, 0.1) is 22.2 Å². The molecule has 0 radical (unpaired) electrons. The minimum absolute atomic E-state index is 0.212. The third-order valence-electron chi connectivity index (χ3n) is 8.25. The number of halogens is 3. The molecule has 0 amide bonds. The van der Waals surface area contributed by atoms with Gasteiger partial charge in [0.25, 0.3) is 0 Å². The molecule has 1 saturated carbocycles. The Hall–Kier alpha value is -4.59. The highest BCUT2D eigenvalue weighted by Gasteiger charge is 2.30. The molecular formula is C35H31F3N2O3. The molecule has 8 heteroatoms. The SMILES string of the molecule is Cc1cc(OCc2ccccc2-c2ccc(C(F)(F)F)cc2)ccc1-c1nc2cc(C(=O)O)ccc2n1C1CCCCC1. The Morgan fingerprint density at radius 3 is 2.37 bits per heavy atom. The molecule has 0 saturated heterocycles. The lowest BCUT2D eigenvalue weighted by atomic mass is 9.94. The zero-order valence-corrected chi connectivity index (χ0v) is 23.7. The predicted octanol–water partition coefficient (Wildman–Crippen LogP) is 9.48. The molecule has 220 valence electrons. The molecule has 1 aliphatic carbocycles. The number of aromatic carboxylic acids is 1. The molecule has 6 rings (SSSR count). The Bertz CT molecular complexity index is 1790. The number of benzene rings is 4. The summed E-state index contributed by atoms with van der Waals surface area (Å²) in [7, 11) is 0. The number of aromatic nitrogens is 2. The van der Waals surface area contributed by atoms with E-state index in [1.165, 1.54) is 18.6 Å². The molecule has 0 atom stereocenters. The maximum absolute atomic E-state index is 13.0. The van der Waals surface area contributed by atoms with Crippen molar-refractivity contribution >= 4 is 17.0 Å². The average Bonchev–Trinajstić information content (AvgIpc) is 3.39. The Kier molecular flexibility index (Phi) is 7.69. The Morgan fingerprint density at radius 1 is 0.930 bits per heavy atom. The normalized spacial score (nSPS) is 14.2. The fraction of sp³-hybridized carbons (Fsp3) is 0.257. The number of hydrogen-bond acceptors (Lipinski definition) is 3. The summed E-state index contributed by atoms with van der Waals surface area (Å²) in [6, 6.07) is 24.0. The quantitative estimate of drug-likeness (QED) is 0.207. The van der Waals surface area contributed by atoms with Gasteiger partial charge in [0.2, 0.25) is 0 Å². The van der Waals surface area contributed by atoms with Crippen LogP contribution in [0.3, 0.4) is 0 Å². The van der Waals surface area contributed by atoms with Crippen molar-refractivity contribution in [2.75, 3.05) is 0 Å². The van der Waals surface area contributed by atoms with Crippen LogP contribution in [0.1, 0.15) is 65.2 Å². The summed E-state index contributed by atoms with van der Waals surface area (Å²) >= 11 is 0. The zero-order valence-electron chi connectivity index (χ0n) is 23.7. The number of ether oxygens (including phenoxy) is 1. The van der Waals surface area contributed by atoms with E-state index in [2.05, 4.69) is 4.57 Å². The minimum atomic E-state index is -4.38. The molecule has 0 bridgehead atoms. The van der Waals surface area contributed by atoms with Gasteiger partial charge in [-0.25, -0.2) is 9.78 Å². The van der Waals surface area contributed by atoms with Crippen LogP contribution in [-0.2, 0) is 12.8 Å². The van der Waals surface area contributed by atoms with Crippen molar-refractivity contribution < 1.29 is 27.8 Å². The lowest BCUT2D eigenvalue weighted by Crippen LogP contribution is -2.14. The number of aryl methyl sites for hydroxylation is 1. The molecule has 0 unspecified atom stereocenters. The lowest BCUT2D eigenvalue weighted by Gasteiger charge is -2.26. The van der Waals surface area contributed by atoms with Crippen LogP contribution < -0.4 is 4.74 Å². The van der Waals surface area contributed by atoms with E-state index in [9.17, 15) is 23.1 Å². The first-order valence-electron chi connectivity index (χ1n) is 14.4. The minimum Gasteiger partial charge on any atom is -0.489 e. The standard InChI is InChI=1S/C35H31F3N2O3/c1-22-19-28(43-21-25-7-5-6-10-30(25)23-11-14-26(15-12-23)35(36,37)38)16-17-29(22)33-39-31-20-24(34(41)42)13-18-32(31)40(33)27-8-3-2-4-9-27/h5-7,10-20,27H,2-4,8-9,21H2,1H3,(H,41,42). The lowest BCUT2D eigenvalue weighted by molar-refractivity contribution is -0.137. The monoisotopic (exact) mass is 584 g/mol. The molecule has 5 aromatic rings. The summed E-state index contributed by atoms with van der Waals surface area (Å²) in [6.45, 7) is 2.25. The first kappa shape index (κ1) is 28.5. The van der Waals surface area contributed by atoms with Gasteiger partial charge in [-0.1, -0.05) is 55.7 Å². The van der Waals surface area contributed by atoms with E-state index in [1.54, 1.807) is 12.1 Å². The Labute approximate surface area is 247 Å². The molecule has 0 spiro atoms. The maximum Gasteiger partial charge on any atom is 0.416 e. The van der Waals surface area contributed by atoms with Crippen LogP contribution in [0.4, 0.5) is 13.2 Å². The van der Waals surface area contributed by atoms with Gasteiger partial charge in [-0.2, -0.15) is 13.2 Å². The van der Waals surface area contributed by atoms with E-state index >= 15 is 0 Å². The van der Waals surface area contributed by atoms with E-state index < -0.39 is 17.7 Å². The molecule has 4 aromatic carbocycles. The topological polar surface area (TPSA) is 64.3 Å². The molecule has 0 aliphatic heterocycles. The molecule has 1 N–H and O–H groups in total. The number of nitrogens with zero attached hydrogens (tertiary/aromatic N) is 2. The second kappa shape index (κ2) is 11.6. The van der Waals surface area contributed by atoms with Crippen LogP contribution >= 0.6 is 0 Å². The van der Waals surface area contributed by atoms with Crippen LogP contribution in [0.2, 0.25) is 0 Å². The third kappa shape index (κ3) is 5.87. The zero-order chi connectivity index (χ0) is 30.1. The number of rotatable bonds is 7. The molecule has 1 fully saturated rings. The van der Waals surface area contributed by atoms with E-state index in [0.717, 1.165) is 71.4 Å². The van der Waals surface area contributed by atoms with Crippen molar-refractivity contribution in [2.24, 2.45) is 0 Å². The summed E-state index contributed by atoms with van der Waals surface area (Å²) in [6.07, 6.45) is 1.24. The van der Waals surface area contributed by atoms with Gasteiger partial charge >= 0.3 is 12.1 Å². The van der Waals surface area contributed by atoms with Crippen molar-refractivity contribution in [3.63, 3.8) is 0 Å². The Morgan fingerprint density at radius 2 is 1.67 bits per heavy atom. The molecule has 1 aromatic heterocycles. The van der Waals surface area contributed by atoms with Crippen LogP contribution in [-0.4, -0.2) is 20.6 Å². The highest BCUT2D eigenvalue weighted by atomic mass is 19.4. The van der Waals surface area contributed by atoms with Gasteiger partial charge in [0.15, 0.2) is 0 Å². The van der Waals surface area contributed by atoms with Crippen molar-refractivity contribution in [2.45, 2.75) is 57.9 Å². The van der Waals surface area contributed by atoms with Crippen molar-refractivity contribution in [1.82, 2.24) is 9.55 Å². The van der Waals surface area contributed by atoms with Gasteiger partial charge in [-0.05, 0) is 90.6 Å². The smallest absolute Gasteiger partial charge is 0.416 e. The van der Waals surface area contributed by atoms with E-state index in [0.29, 0.717) is 22.9 Å². The Balaban J connectivity index is 1.28. The molecule has 1 heterocycles. The first-order valence-corrected chi connectivity index (χ1v) is 14.4. The largest absolute Gasteiger partial charge is 0.489 e. The number of fused-ring (bicyclic) bond motifs is 1. The fourth-order valence-electron chi connectivity index (χ4n) is 6.04. The first-order chi connectivity index (χ1) is 20.7. The second-order valence-corrected chi connectivity index (χ2v) is 11.1. The maximum atomic E-state index is 13.0. The van der Waals surface area contributed by atoms with E-state index in [-0.39, 0.29) is 12.2 Å². The summed E-state index contributed by atoms with van der Waals surface area (Å²) in [5.41, 5.74) is 5.42. The van der Waals surface area contributed by atoms with Crippen LogP contribution in [0.15, 0.2) is 84.9 Å². The van der Waals surface area contributed by atoms with Crippen LogP contribution in [0.25, 0.3) is 33.5 Å². The molecule has 1 aliphatic rings. The molecule has 5 nitrogen and oxygen atoms in total. The van der Waals surface area contributed by atoms with Crippen LogP contribution in [0.5, 0.6) is 5.75 Å². The molecule has 43 heavy (non-hydrogen) atoms. The van der Waals surface area contributed by atoms with Crippen LogP contribution in [0, 0.1) is 6.92 Å². The number of carboxylic acid groups (broad SMARTS) is 1. The summed E-state index contributed by atoms with van der Waals surface area (Å²) in [4.78, 5) is 16.6. The number of imidazole rings is 1. The van der Waals surface area contributed by atoms with Gasteiger partial charge in [0, 0.05) is 11.6 Å². The second-order valence-electron chi connectivity index (χ2n) is 11.1. The fourth-order valence-corrected chi connectivity index (χ4v) is 6.04. The molecular weight excluding hydrogens is 553 g/mol. The summed E-state index contributed by atoms with van der Waals surface area (Å²) < 4.78 is 47.6. The van der Waals surface area contributed by atoms with E-state index in [4.69, 9.17) is 9.72 Å². The number of carboxylic acids is 1. The third-order valence-corrected chi connectivity index (χ3v) is 8.25. The van der Waals surface area contributed by atoms with Gasteiger partial charge in [-0.15, -0.1) is 0 Å². The number of carbonyl (C=O) groups is 1. The highest BCUT2D eigenvalue weighted by Crippen LogP contribution is 2.38. The van der Waals surface area contributed by atoms with Gasteiger partial charge in [0.1, 0.15) is 18.2 Å². The average molecular weight is 585 g/mol. The van der Waals surface area contributed by atoms with Crippen molar-refractivity contribution in [1.29, 1.82) is 0 Å². The van der Waals surface area contributed by atoms with Gasteiger partial charge < -0.3 is 14.4 Å². The number of hydrogen-bond donors (Lipinski definition) is 1. The summed E-state index contributed by atoms with van der Waals surface area (Å²) in [5, 5.41) is 9.53. The highest BCUT2D eigenvalue weighted by molar-refractivity contribution is 5.93. The van der Waals surface area contributed by atoms with Crippen molar-refractivity contribution in [3.05, 3.63) is 107 Å².